The van der Waals surface area contributed by atoms with Crippen LogP contribution >= 0.6 is 0 Å². The minimum Gasteiger partial charge on any atom is -0.356 e. The van der Waals surface area contributed by atoms with Crippen LogP contribution in [0.1, 0.15) is 40.0 Å². The number of hydrogen-bond acceptors (Lipinski definition) is 1. The number of halogens is 3. The Morgan fingerprint density at radius 1 is 1.17 bits per heavy atom. The number of rotatable bonds is 6. The molecule has 0 aliphatic heterocycles. The van der Waals surface area contributed by atoms with E-state index >= 15 is 0 Å². The molecule has 0 bridgehead atoms. The fourth-order valence-electron chi connectivity index (χ4n) is 1.23. The minimum absolute atomic E-state index is 0.146. The van der Waals surface area contributed by atoms with Crippen LogP contribution in [0.15, 0.2) is 4.99 Å². The van der Waals surface area contributed by atoms with Gasteiger partial charge in [-0.1, -0.05) is 13.8 Å². The van der Waals surface area contributed by atoms with Crippen molar-refractivity contribution in [3.8, 4) is 0 Å². The zero-order valence-corrected chi connectivity index (χ0v) is 11.6. The molecule has 0 aromatic carbocycles. The molecule has 0 aliphatic rings. The Hall–Kier alpha value is -0.940. The van der Waals surface area contributed by atoms with Gasteiger partial charge in [0, 0.05) is 26.1 Å². The molecule has 0 aliphatic carbocycles. The molecule has 2 N–H and O–H groups in total. The van der Waals surface area contributed by atoms with Crippen molar-refractivity contribution in [3.05, 3.63) is 0 Å². The lowest BCUT2D eigenvalue weighted by atomic mass is 10.1. The highest BCUT2D eigenvalue weighted by Gasteiger charge is 2.25. The second-order valence-corrected chi connectivity index (χ2v) is 4.75. The van der Waals surface area contributed by atoms with Crippen LogP contribution in [-0.2, 0) is 0 Å². The molecular weight excluding hydrogens is 243 g/mol. The van der Waals surface area contributed by atoms with E-state index in [9.17, 15) is 13.2 Å². The highest BCUT2D eigenvalue weighted by atomic mass is 19.4. The van der Waals surface area contributed by atoms with Crippen molar-refractivity contribution in [1.29, 1.82) is 0 Å². The molecule has 0 spiro atoms. The molecule has 0 fully saturated rings. The van der Waals surface area contributed by atoms with E-state index in [4.69, 9.17) is 0 Å². The highest BCUT2D eigenvalue weighted by molar-refractivity contribution is 5.79. The van der Waals surface area contributed by atoms with Crippen LogP contribution in [0.4, 0.5) is 13.2 Å². The lowest BCUT2D eigenvalue weighted by Crippen LogP contribution is -2.44. The van der Waals surface area contributed by atoms with E-state index in [0.717, 1.165) is 0 Å². The second kappa shape index (κ2) is 8.21. The molecule has 108 valence electrons. The van der Waals surface area contributed by atoms with Gasteiger partial charge in [-0.15, -0.1) is 0 Å². The van der Waals surface area contributed by atoms with Crippen molar-refractivity contribution < 1.29 is 13.2 Å². The zero-order chi connectivity index (χ0) is 14.2. The average molecular weight is 267 g/mol. The SMILES string of the molecule is CN=C(NCCCCC(F)(F)F)NC(C)C(C)C. The molecule has 0 heterocycles. The van der Waals surface area contributed by atoms with Crippen molar-refractivity contribution in [3.63, 3.8) is 0 Å². The molecular formula is C12H24F3N3. The van der Waals surface area contributed by atoms with Gasteiger partial charge in [-0.2, -0.15) is 13.2 Å². The maximum absolute atomic E-state index is 11.9. The van der Waals surface area contributed by atoms with Crippen LogP contribution in [0.3, 0.4) is 0 Å². The molecule has 0 radical (unpaired) electrons. The van der Waals surface area contributed by atoms with E-state index in [-0.39, 0.29) is 12.5 Å². The molecule has 0 rings (SSSR count). The predicted molar refractivity (Wildman–Crippen MR) is 68.7 cm³/mol. The quantitative estimate of drug-likeness (QED) is 0.441. The molecule has 1 atom stereocenters. The van der Waals surface area contributed by atoms with E-state index in [1.54, 1.807) is 7.05 Å². The van der Waals surface area contributed by atoms with Gasteiger partial charge in [-0.05, 0) is 25.7 Å². The van der Waals surface area contributed by atoms with E-state index in [0.29, 0.717) is 24.8 Å². The number of alkyl halides is 3. The Bertz CT molecular complexity index is 249. The fraction of sp³-hybridized carbons (Fsp3) is 0.917. The highest BCUT2D eigenvalue weighted by Crippen LogP contribution is 2.21. The number of hydrogen-bond donors (Lipinski definition) is 2. The number of unbranched alkanes of at least 4 members (excludes halogenated alkanes) is 1. The number of nitrogens with one attached hydrogen (secondary N) is 2. The van der Waals surface area contributed by atoms with Gasteiger partial charge in [0.05, 0.1) is 0 Å². The lowest BCUT2D eigenvalue weighted by molar-refractivity contribution is -0.135. The summed E-state index contributed by atoms with van der Waals surface area (Å²) in [5.74, 6) is 1.11. The van der Waals surface area contributed by atoms with Crippen molar-refractivity contribution in [1.82, 2.24) is 10.6 Å². The summed E-state index contributed by atoms with van der Waals surface area (Å²) in [6, 6.07) is 0.270. The molecule has 0 saturated carbocycles. The van der Waals surface area contributed by atoms with Crippen molar-refractivity contribution in [2.24, 2.45) is 10.9 Å². The van der Waals surface area contributed by atoms with Gasteiger partial charge >= 0.3 is 6.18 Å². The summed E-state index contributed by atoms with van der Waals surface area (Å²) < 4.78 is 35.7. The van der Waals surface area contributed by atoms with E-state index in [1.807, 2.05) is 6.92 Å². The van der Waals surface area contributed by atoms with Gasteiger partial charge < -0.3 is 10.6 Å². The summed E-state index contributed by atoms with van der Waals surface area (Å²) in [6.07, 6.45) is -4.14. The Kier molecular flexibility index (Phi) is 7.78. The first kappa shape index (κ1) is 17.1. The molecule has 18 heavy (non-hydrogen) atoms. The molecule has 0 saturated heterocycles. The van der Waals surface area contributed by atoms with Crippen molar-refractivity contribution >= 4 is 5.96 Å². The molecule has 1 unspecified atom stereocenters. The lowest BCUT2D eigenvalue weighted by Gasteiger charge is -2.20. The number of guanidine groups is 1. The van der Waals surface area contributed by atoms with Crippen LogP contribution in [-0.4, -0.2) is 31.8 Å². The average Bonchev–Trinajstić information content (AvgIpc) is 2.25. The van der Waals surface area contributed by atoms with Gasteiger partial charge in [0.15, 0.2) is 5.96 Å². The third kappa shape index (κ3) is 9.13. The standard InChI is InChI=1S/C12H24F3N3/c1-9(2)10(3)18-11(16-4)17-8-6-5-7-12(13,14)15/h9-10H,5-8H2,1-4H3,(H2,16,17,18). The molecule has 0 aromatic heterocycles. The molecule has 0 amide bonds. The van der Waals surface area contributed by atoms with E-state index in [1.165, 1.54) is 0 Å². The third-order valence-corrected chi connectivity index (χ3v) is 2.77. The summed E-state index contributed by atoms with van der Waals surface area (Å²) in [5, 5.41) is 6.20. The summed E-state index contributed by atoms with van der Waals surface area (Å²) in [6.45, 7) is 6.73. The summed E-state index contributed by atoms with van der Waals surface area (Å²) in [7, 11) is 1.65. The van der Waals surface area contributed by atoms with Crippen LogP contribution < -0.4 is 10.6 Å². The molecule has 6 heteroatoms. The predicted octanol–water partition coefficient (Wildman–Crippen LogP) is 2.93. The first-order chi connectivity index (χ1) is 8.26. The normalized spacial score (nSPS) is 14.8. The van der Waals surface area contributed by atoms with Gasteiger partial charge in [0.1, 0.15) is 0 Å². The Morgan fingerprint density at radius 3 is 2.22 bits per heavy atom. The number of aliphatic imine (C=N–C) groups is 1. The topological polar surface area (TPSA) is 36.4 Å². The van der Waals surface area contributed by atoms with Crippen LogP contribution in [0.25, 0.3) is 0 Å². The van der Waals surface area contributed by atoms with Gasteiger partial charge in [-0.25, -0.2) is 0 Å². The van der Waals surface area contributed by atoms with Gasteiger partial charge in [0.2, 0.25) is 0 Å². The summed E-state index contributed by atoms with van der Waals surface area (Å²) in [4.78, 5) is 4.03. The van der Waals surface area contributed by atoms with Crippen LogP contribution in [0.2, 0.25) is 0 Å². The summed E-state index contributed by atoms with van der Waals surface area (Å²) in [5.41, 5.74) is 0. The van der Waals surface area contributed by atoms with Crippen LogP contribution in [0.5, 0.6) is 0 Å². The Balaban J connectivity index is 3.76. The van der Waals surface area contributed by atoms with Crippen molar-refractivity contribution in [2.45, 2.75) is 52.3 Å². The minimum atomic E-state index is -4.05. The van der Waals surface area contributed by atoms with Crippen LogP contribution in [0, 0.1) is 5.92 Å². The van der Waals surface area contributed by atoms with Gasteiger partial charge in [0.25, 0.3) is 0 Å². The fourth-order valence-corrected chi connectivity index (χ4v) is 1.23. The Morgan fingerprint density at radius 2 is 1.78 bits per heavy atom. The Labute approximate surface area is 107 Å². The second-order valence-electron chi connectivity index (χ2n) is 4.75. The zero-order valence-electron chi connectivity index (χ0n) is 11.6. The van der Waals surface area contributed by atoms with E-state index in [2.05, 4.69) is 29.5 Å². The van der Waals surface area contributed by atoms with E-state index < -0.39 is 12.6 Å². The maximum Gasteiger partial charge on any atom is 0.389 e. The monoisotopic (exact) mass is 267 g/mol. The largest absolute Gasteiger partial charge is 0.389 e. The first-order valence-corrected chi connectivity index (χ1v) is 6.30. The maximum atomic E-state index is 11.9. The molecule has 3 nitrogen and oxygen atoms in total. The number of nitrogens with zero attached hydrogens (tertiary/aromatic N) is 1. The van der Waals surface area contributed by atoms with Gasteiger partial charge in [-0.3, -0.25) is 4.99 Å². The third-order valence-electron chi connectivity index (χ3n) is 2.77. The summed E-state index contributed by atoms with van der Waals surface area (Å²) >= 11 is 0. The smallest absolute Gasteiger partial charge is 0.356 e. The van der Waals surface area contributed by atoms with Crippen molar-refractivity contribution in [2.75, 3.05) is 13.6 Å². The first-order valence-electron chi connectivity index (χ1n) is 6.30. The molecule has 0 aromatic rings.